The lowest BCUT2D eigenvalue weighted by Crippen LogP contribution is -2.46. The summed E-state index contributed by atoms with van der Waals surface area (Å²) in [6.45, 7) is 14.5. The molecule has 3 aliphatic rings. The van der Waals surface area contributed by atoms with Crippen molar-refractivity contribution >= 4 is 35.1 Å². The third-order valence-corrected chi connectivity index (χ3v) is 9.58. The van der Waals surface area contributed by atoms with Gasteiger partial charge in [-0.25, -0.2) is 9.07 Å². The number of dihydropyridines is 1. The molecule has 1 aromatic heterocycles. The van der Waals surface area contributed by atoms with E-state index in [0.29, 0.717) is 33.3 Å². The molecule has 0 spiro atoms. The Morgan fingerprint density at radius 3 is 2.71 bits per heavy atom. The van der Waals surface area contributed by atoms with E-state index in [0.717, 1.165) is 50.3 Å². The van der Waals surface area contributed by atoms with Crippen LogP contribution in [0.5, 0.6) is 0 Å². The average molecular weight is 701 g/mol. The van der Waals surface area contributed by atoms with E-state index >= 15 is 0 Å². The van der Waals surface area contributed by atoms with Gasteiger partial charge in [0.2, 0.25) is 0 Å². The van der Waals surface area contributed by atoms with Gasteiger partial charge < -0.3 is 16.0 Å². The maximum Gasteiger partial charge on any atom is 0.141 e. The highest BCUT2D eigenvalue weighted by Crippen LogP contribution is 2.33. The largest absolute Gasteiger partial charge is 0.373 e. The molecule has 2 aromatic carbocycles. The third kappa shape index (κ3) is 7.97. The first kappa shape index (κ1) is 34.6. The molecule has 0 amide bonds. The number of aromatic nitrogens is 3. The zero-order valence-corrected chi connectivity index (χ0v) is 29.4. The minimum Gasteiger partial charge on any atom is -0.373 e. The number of nitriles is 1. The first-order valence-electron chi connectivity index (χ1n) is 16.4. The van der Waals surface area contributed by atoms with Gasteiger partial charge >= 0.3 is 0 Å². The molecule has 0 bridgehead atoms. The van der Waals surface area contributed by atoms with Crippen molar-refractivity contribution in [3.8, 4) is 6.07 Å². The number of halogens is 3. The standard InChI is InChI=1S/C37H40Cl2FN9/c1-23(38)14-28(15-25-19-42-20-26(17-41)35(25)44-27-8-9-33(40)32(39)16-27)45-36(30-7-5-6-24-18-43-21-31(24)30)34-22-49(47-46-34)29-10-12-48(13-11-29)37(2,3)4/h5-9,14-16,20,22,29,36,43-45H,1,10-13,18-19,21H2,2-4H3/b25-15+,28-14+/t36-/m0/s1. The van der Waals surface area contributed by atoms with Gasteiger partial charge in [-0.05, 0) is 80.7 Å². The molecule has 3 aliphatic heterocycles. The normalized spacial score (nSPS) is 18.8. The van der Waals surface area contributed by atoms with Crippen molar-refractivity contribution in [2.24, 2.45) is 4.99 Å². The molecule has 1 atom stereocenters. The number of benzene rings is 2. The topological polar surface area (TPSA) is 106 Å². The second-order valence-electron chi connectivity index (χ2n) is 13.5. The van der Waals surface area contributed by atoms with Gasteiger partial charge in [-0.15, -0.1) is 5.10 Å². The summed E-state index contributed by atoms with van der Waals surface area (Å²) in [7, 11) is 0. The van der Waals surface area contributed by atoms with Crippen LogP contribution in [0, 0.1) is 17.1 Å². The van der Waals surface area contributed by atoms with Crippen molar-refractivity contribution in [1.82, 2.24) is 30.5 Å². The summed E-state index contributed by atoms with van der Waals surface area (Å²) in [4.78, 5) is 6.96. The lowest BCUT2D eigenvalue weighted by Gasteiger charge is -2.40. The van der Waals surface area contributed by atoms with Crippen LogP contribution < -0.4 is 16.0 Å². The molecular formula is C37H40Cl2FN9. The molecule has 1 saturated heterocycles. The smallest absolute Gasteiger partial charge is 0.141 e. The number of nitrogens with zero attached hydrogens (tertiary/aromatic N) is 6. The van der Waals surface area contributed by atoms with Crippen LogP contribution in [0.3, 0.4) is 0 Å². The summed E-state index contributed by atoms with van der Waals surface area (Å²) in [5.41, 5.74) is 7.18. The van der Waals surface area contributed by atoms with Crippen molar-refractivity contribution in [2.75, 3.05) is 25.0 Å². The van der Waals surface area contributed by atoms with Crippen molar-refractivity contribution < 1.29 is 4.39 Å². The number of anilines is 1. The zero-order chi connectivity index (χ0) is 34.7. The Kier molecular flexibility index (Phi) is 10.4. The van der Waals surface area contributed by atoms with Crippen LogP contribution in [0.4, 0.5) is 10.1 Å². The fourth-order valence-electron chi connectivity index (χ4n) is 6.61. The minimum atomic E-state index is -0.529. The fourth-order valence-corrected chi connectivity index (χ4v) is 6.91. The molecule has 0 radical (unpaired) electrons. The highest BCUT2D eigenvalue weighted by atomic mass is 35.5. The van der Waals surface area contributed by atoms with E-state index in [1.165, 1.54) is 29.5 Å². The van der Waals surface area contributed by atoms with Crippen LogP contribution in [-0.4, -0.2) is 51.3 Å². The molecule has 6 rings (SSSR count). The van der Waals surface area contributed by atoms with Crippen LogP contribution in [0.25, 0.3) is 0 Å². The Bertz CT molecular complexity index is 1900. The molecule has 3 N–H and O–H groups in total. The molecule has 0 unspecified atom stereocenters. The number of fused-ring (bicyclic) bond motifs is 1. The van der Waals surface area contributed by atoms with Gasteiger partial charge in [-0.1, -0.05) is 53.2 Å². The lowest BCUT2D eigenvalue weighted by atomic mass is 9.95. The van der Waals surface area contributed by atoms with Gasteiger partial charge in [0.25, 0.3) is 0 Å². The maximum atomic E-state index is 13.9. The zero-order valence-electron chi connectivity index (χ0n) is 27.9. The number of allylic oxidation sites excluding steroid dienone is 4. The Morgan fingerprint density at radius 1 is 1.20 bits per heavy atom. The SMILES string of the molecule is C=C(Cl)/C=C(\C=C1/CN=CC(C#N)=C1Nc1ccc(F)c(Cl)c1)N[C@H](c1cn(C2CCN(C(C)(C)C)CC2)nn1)c1cccc2c1CNC2. The van der Waals surface area contributed by atoms with Crippen LogP contribution in [0.2, 0.25) is 5.02 Å². The Balaban J connectivity index is 1.36. The number of piperidine rings is 1. The Morgan fingerprint density at radius 2 is 2.00 bits per heavy atom. The average Bonchev–Trinajstić information content (AvgIpc) is 3.76. The van der Waals surface area contributed by atoms with Crippen molar-refractivity contribution in [1.29, 1.82) is 5.26 Å². The van der Waals surface area contributed by atoms with Gasteiger partial charge in [0, 0.05) is 59.9 Å². The van der Waals surface area contributed by atoms with E-state index in [-0.39, 0.29) is 29.2 Å². The van der Waals surface area contributed by atoms with Gasteiger partial charge in [0.05, 0.1) is 41.1 Å². The number of hydrogen-bond donors (Lipinski definition) is 3. The van der Waals surface area contributed by atoms with Gasteiger partial charge in [0.15, 0.2) is 0 Å². The van der Waals surface area contributed by atoms with E-state index in [1.54, 1.807) is 12.1 Å². The first-order valence-corrected chi connectivity index (χ1v) is 17.1. The van der Waals surface area contributed by atoms with E-state index in [9.17, 15) is 9.65 Å². The Labute approximate surface area is 296 Å². The molecule has 0 saturated carbocycles. The van der Waals surface area contributed by atoms with E-state index < -0.39 is 5.82 Å². The first-order chi connectivity index (χ1) is 23.5. The van der Waals surface area contributed by atoms with Crippen molar-refractivity contribution in [3.63, 3.8) is 0 Å². The summed E-state index contributed by atoms with van der Waals surface area (Å²) in [5.74, 6) is -0.529. The van der Waals surface area contributed by atoms with E-state index in [4.69, 9.17) is 28.3 Å². The van der Waals surface area contributed by atoms with Gasteiger partial charge in [0.1, 0.15) is 17.6 Å². The number of nitrogens with one attached hydrogen (secondary N) is 3. The highest BCUT2D eigenvalue weighted by molar-refractivity contribution is 6.31. The van der Waals surface area contributed by atoms with Crippen LogP contribution in [-0.2, 0) is 13.1 Å². The second kappa shape index (κ2) is 14.7. The molecule has 1 fully saturated rings. The Hall–Kier alpha value is -4.27. The summed E-state index contributed by atoms with van der Waals surface area (Å²) in [5, 5.41) is 30.1. The van der Waals surface area contributed by atoms with Crippen LogP contribution >= 0.6 is 23.2 Å². The van der Waals surface area contributed by atoms with Gasteiger partial charge in [-0.2, -0.15) is 5.26 Å². The van der Waals surface area contributed by atoms with E-state index in [2.05, 4.69) is 88.9 Å². The molecule has 3 aromatic rings. The van der Waals surface area contributed by atoms with Gasteiger partial charge in [-0.3, -0.25) is 9.89 Å². The molecule has 12 heteroatoms. The molecular weight excluding hydrogens is 660 g/mol. The molecule has 49 heavy (non-hydrogen) atoms. The highest BCUT2D eigenvalue weighted by Gasteiger charge is 2.30. The monoisotopic (exact) mass is 699 g/mol. The van der Waals surface area contributed by atoms with E-state index in [1.807, 2.05) is 10.8 Å². The minimum absolute atomic E-state index is 0.0275. The third-order valence-electron chi connectivity index (χ3n) is 9.18. The molecule has 0 aliphatic carbocycles. The van der Waals surface area contributed by atoms with Crippen LogP contribution in [0.15, 0.2) is 93.9 Å². The summed E-state index contributed by atoms with van der Waals surface area (Å²) < 4.78 is 15.9. The summed E-state index contributed by atoms with van der Waals surface area (Å²) in [6, 6.07) is 12.7. The molecule has 4 heterocycles. The van der Waals surface area contributed by atoms with Crippen LogP contribution in [0.1, 0.15) is 68.1 Å². The predicted octanol–water partition coefficient (Wildman–Crippen LogP) is 7.33. The quantitative estimate of drug-likeness (QED) is 0.201. The van der Waals surface area contributed by atoms with Crippen molar-refractivity contribution in [2.45, 2.75) is 64.3 Å². The predicted molar refractivity (Wildman–Crippen MR) is 194 cm³/mol. The molecule has 9 nitrogen and oxygen atoms in total. The summed E-state index contributed by atoms with van der Waals surface area (Å²) >= 11 is 12.5. The number of hydrogen-bond acceptors (Lipinski definition) is 8. The molecule has 254 valence electrons. The second-order valence-corrected chi connectivity index (χ2v) is 14.4. The fraction of sp³-hybridized carbons (Fsp3) is 0.351. The number of rotatable bonds is 9. The van der Waals surface area contributed by atoms with Crippen molar-refractivity contribution in [3.05, 3.63) is 122 Å². The number of likely N-dealkylation sites (tertiary alicyclic amines) is 1. The number of aliphatic imine (C=N–C) groups is 1. The lowest BCUT2D eigenvalue weighted by molar-refractivity contribution is 0.0866. The maximum absolute atomic E-state index is 13.9. The summed E-state index contributed by atoms with van der Waals surface area (Å²) in [6.07, 6.45) is 9.21.